The van der Waals surface area contributed by atoms with Crippen molar-refractivity contribution in [2.45, 2.75) is 44.9 Å². The minimum absolute atomic E-state index is 0.399. The van der Waals surface area contributed by atoms with Crippen LogP contribution in [0.4, 0.5) is 17.3 Å². The summed E-state index contributed by atoms with van der Waals surface area (Å²) in [6.45, 7) is 4.28. The number of hydrogen-bond acceptors (Lipinski definition) is 6. The molecule has 0 bridgehead atoms. The lowest BCUT2D eigenvalue weighted by Gasteiger charge is -2.27. The number of anilines is 3. The van der Waals surface area contributed by atoms with E-state index in [0.717, 1.165) is 28.2 Å². The topological polar surface area (TPSA) is 89.6 Å². The summed E-state index contributed by atoms with van der Waals surface area (Å²) in [6, 6.07) is 6.02. The highest BCUT2D eigenvalue weighted by atomic mass is 15.2. The van der Waals surface area contributed by atoms with Crippen LogP contribution in [0.25, 0.3) is 11.0 Å². The summed E-state index contributed by atoms with van der Waals surface area (Å²) in [4.78, 5) is 9.21. The van der Waals surface area contributed by atoms with Gasteiger partial charge in [0.25, 0.3) is 0 Å². The van der Waals surface area contributed by atoms with E-state index in [0.29, 0.717) is 17.5 Å². The zero-order chi connectivity index (χ0) is 17.4. The number of nitrogens with two attached hydrogens (primary N) is 1. The molecule has 25 heavy (non-hydrogen) atoms. The number of fused-ring (bicyclic) bond motifs is 1. The maximum Gasteiger partial charge on any atom is 0.154 e. The standard InChI is InChI=1S/C19H22N6/c1-11(2)13-6-18(25-22-9-13)24-19-15(12-4-3-5-12)8-16-17(23-19)7-14(20)10-21-16/h6-12H,3-5,20H2,1-2H3,(H,23,24,25). The van der Waals surface area contributed by atoms with Crippen molar-refractivity contribution in [3.63, 3.8) is 0 Å². The Balaban J connectivity index is 1.77. The second-order valence-corrected chi connectivity index (χ2v) is 7.01. The summed E-state index contributed by atoms with van der Waals surface area (Å²) in [7, 11) is 0. The van der Waals surface area contributed by atoms with Crippen LogP contribution in [0.5, 0.6) is 0 Å². The van der Waals surface area contributed by atoms with Gasteiger partial charge in [-0.25, -0.2) is 4.98 Å². The molecular formula is C19H22N6. The first kappa shape index (κ1) is 15.7. The van der Waals surface area contributed by atoms with E-state index >= 15 is 0 Å². The molecule has 1 aliphatic rings. The number of nitrogens with zero attached hydrogens (tertiary/aromatic N) is 4. The summed E-state index contributed by atoms with van der Waals surface area (Å²) >= 11 is 0. The first-order chi connectivity index (χ1) is 12.1. The van der Waals surface area contributed by atoms with Gasteiger partial charge in [0.05, 0.1) is 29.1 Å². The molecule has 0 spiro atoms. The van der Waals surface area contributed by atoms with Gasteiger partial charge in [-0.3, -0.25) is 4.98 Å². The van der Waals surface area contributed by atoms with Crippen molar-refractivity contribution in [2.75, 3.05) is 11.1 Å². The predicted molar refractivity (Wildman–Crippen MR) is 99.9 cm³/mol. The van der Waals surface area contributed by atoms with E-state index in [1.807, 2.05) is 12.1 Å². The van der Waals surface area contributed by atoms with E-state index < -0.39 is 0 Å². The number of nitrogens with one attached hydrogen (secondary N) is 1. The summed E-state index contributed by atoms with van der Waals surface area (Å²) in [5, 5.41) is 11.7. The maximum atomic E-state index is 5.87. The van der Waals surface area contributed by atoms with Gasteiger partial charge in [-0.2, -0.15) is 5.10 Å². The van der Waals surface area contributed by atoms with Crippen molar-refractivity contribution < 1.29 is 0 Å². The Morgan fingerprint density at radius 2 is 1.96 bits per heavy atom. The summed E-state index contributed by atoms with van der Waals surface area (Å²) in [6.07, 6.45) is 7.13. The van der Waals surface area contributed by atoms with Gasteiger partial charge < -0.3 is 11.1 Å². The van der Waals surface area contributed by atoms with Crippen molar-refractivity contribution >= 4 is 28.4 Å². The third-order valence-corrected chi connectivity index (χ3v) is 4.85. The van der Waals surface area contributed by atoms with Crippen LogP contribution in [0.15, 0.2) is 30.6 Å². The van der Waals surface area contributed by atoms with Crippen LogP contribution >= 0.6 is 0 Å². The highest BCUT2D eigenvalue weighted by Crippen LogP contribution is 2.41. The monoisotopic (exact) mass is 334 g/mol. The molecule has 0 unspecified atom stereocenters. The third-order valence-electron chi connectivity index (χ3n) is 4.85. The minimum atomic E-state index is 0.399. The molecule has 0 aliphatic heterocycles. The van der Waals surface area contributed by atoms with E-state index in [9.17, 15) is 0 Å². The number of hydrogen-bond donors (Lipinski definition) is 2. The quantitative estimate of drug-likeness (QED) is 0.745. The average Bonchev–Trinajstić information content (AvgIpc) is 2.54. The molecule has 1 fully saturated rings. The molecule has 6 heteroatoms. The molecule has 0 atom stereocenters. The van der Waals surface area contributed by atoms with Crippen LogP contribution in [0.3, 0.4) is 0 Å². The molecule has 0 amide bonds. The zero-order valence-electron chi connectivity index (χ0n) is 14.5. The Labute approximate surface area is 146 Å². The van der Waals surface area contributed by atoms with Gasteiger partial charge in [0.1, 0.15) is 5.82 Å². The molecule has 0 aromatic carbocycles. The molecule has 3 aromatic rings. The summed E-state index contributed by atoms with van der Waals surface area (Å²) in [5.41, 5.74) is 10.5. The average molecular weight is 334 g/mol. The van der Waals surface area contributed by atoms with E-state index in [1.54, 1.807) is 12.4 Å². The van der Waals surface area contributed by atoms with Crippen LogP contribution in [-0.4, -0.2) is 20.2 Å². The normalized spacial score (nSPS) is 14.7. The highest BCUT2D eigenvalue weighted by Gasteiger charge is 2.24. The zero-order valence-corrected chi connectivity index (χ0v) is 14.5. The largest absolute Gasteiger partial charge is 0.397 e. The van der Waals surface area contributed by atoms with E-state index in [4.69, 9.17) is 10.7 Å². The highest BCUT2D eigenvalue weighted by molar-refractivity contribution is 5.81. The number of aromatic nitrogens is 4. The first-order valence-corrected chi connectivity index (χ1v) is 8.76. The maximum absolute atomic E-state index is 5.87. The Hall–Kier alpha value is -2.76. The third kappa shape index (κ3) is 3.12. The number of pyridine rings is 2. The smallest absolute Gasteiger partial charge is 0.154 e. The van der Waals surface area contributed by atoms with Crippen molar-refractivity contribution in [3.8, 4) is 0 Å². The Morgan fingerprint density at radius 1 is 1.12 bits per heavy atom. The van der Waals surface area contributed by atoms with Crippen molar-refractivity contribution in [3.05, 3.63) is 41.7 Å². The molecule has 3 N–H and O–H groups in total. The molecule has 0 saturated heterocycles. The van der Waals surface area contributed by atoms with Gasteiger partial charge >= 0.3 is 0 Å². The van der Waals surface area contributed by atoms with Crippen molar-refractivity contribution in [1.82, 2.24) is 20.2 Å². The molecule has 6 nitrogen and oxygen atoms in total. The Kier molecular flexibility index (Phi) is 3.95. The molecule has 1 saturated carbocycles. The summed E-state index contributed by atoms with van der Waals surface area (Å²) < 4.78 is 0. The van der Waals surface area contributed by atoms with Crippen LogP contribution in [0, 0.1) is 0 Å². The molecule has 128 valence electrons. The van der Waals surface area contributed by atoms with Gasteiger partial charge in [-0.05, 0) is 48.4 Å². The van der Waals surface area contributed by atoms with Crippen molar-refractivity contribution in [2.24, 2.45) is 0 Å². The molecule has 1 aliphatic carbocycles. The fraction of sp³-hybridized carbons (Fsp3) is 0.368. The van der Waals surface area contributed by atoms with Crippen LogP contribution in [0.1, 0.15) is 56.1 Å². The van der Waals surface area contributed by atoms with Crippen LogP contribution in [-0.2, 0) is 0 Å². The van der Waals surface area contributed by atoms with E-state index in [1.165, 1.54) is 24.8 Å². The molecule has 3 aromatic heterocycles. The van der Waals surface area contributed by atoms with E-state index in [2.05, 4.69) is 40.4 Å². The summed E-state index contributed by atoms with van der Waals surface area (Å²) in [5.74, 6) is 2.48. The van der Waals surface area contributed by atoms with Gasteiger partial charge in [-0.15, -0.1) is 5.10 Å². The lowest BCUT2D eigenvalue weighted by Crippen LogP contribution is -2.13. The van der Waals surface area contributed by atoms with Gasteiger partial charge in [0.2, 0.25) is 0 Å². The Bertz CT molecular complexity index is 917. The fourth-order valence-electron chi connectivity index (χ4n) is 3.09. The van der Waals surface area contributed by atoms with E-state index in [-0.39, 0.29) is 0 Å². The SMILES string of the molecule is CC(C)c1cnnc(Nc2nc3cc(N)cnc3cc2C2CCC2)c1. The van der Waals surface area contributed by atoms with Crippen LogP contribution in [0.2, 0.25) is 0 Å². The molecule has 0 radical (unpaired) electrons. The van der Waals surface area contributed by atoms with Crippen LogP contribution < -0.4 is 11.1 Å². The first-order valence-electron chi connectivity index (χ1n) is 8.76. The van der Waals surface area contributed by atoms with Gasteiger partial charge in [0.15, 0.2) is 5.82 Å². The second kappa shape index (κ2) is 6.27. The van der Waals surface area contributed by atoms with Crippen molar-refractivity contribution in [1.29, 1.82) is 0 Å². The van der Waals surface area contributed by atoms with Gasteiger partial charge in [-0.1, -0.05) is 20.3 Å². The fourth-order valence-corrected chi connectivity index (χ4v) is 3.09. The minimum Gasteiger partial charge on any atom is -0.397 e. The molecule has 4 rings (SSSR count). The second-order valence-electron chi connectivity index (χ2n) is 7.01. The van der Waals surface area contributed by atoms with Gasteiger partial charge in [0, 0.05) is 5.56 Å². The molecule has 3 heterocycles. The Morgan fingerprint density at radius 3 is 2.68 bits per heavy atom. The number of nitrogen functional groups attached to an aromatic ring is 1. The lowest BCUT2D eigenvalue weighted by molar-refractivity contribution is 0.420. The molecular weight excluding hydrogens is 312 g/mol. The lowest BCUT2D eigenvalue weighted by atomic mass is 9.80. The predicted octanol–water partition coefficient (Wildman–Crippen LogP) is 4.14. The number of rotatable bonds is 4.